The molecule has 0 amide bonds. The number of benzene rings is 1. The van der Waals surface area contributed by atoms with E-state index in [1.807, 2.05) is 24.0 Å². The Labute approximate surface area is 204 Å². The van der Waals surface area contributed by atoms with Crippen LogP contribution < -0.4 is 4.90 Å². The molecule has 8 nitrogen and oxygen atoms in total. The molecule has 0 saturated carbocycles. The number of rotatable bonds is 7. The van der Waals surface area contributed by atoms with Crippen molar-refractivity contribution in [2.24, 2.45) is 0 Å². The van der Waals surface area contributed by atoms with E-state index in [2.05, 4.69) is 4.98 Å². The number of anilines is 1. The van der Waals surface area contributed by atoms with Crippen LogP contribution in [-0.2, 0) is 10.0 Å². The van der Waals surface area contributed by atoms with Gasteiger partial charge in [-0.05, 0) is 19.4 Å². The maximum absolute atomic E-state index is 12.4. The van der Waals surface area contributed by atoms with Crippen LogP contribution in [0.4, 0.5) is 5.82 Å². The lowest BCUT2D eigenvalue weighted by molar-refractivity contribution is 0.101. The number of ketones is 1. The average molecular weight is 500 g/mol. The highest BCUT2D eigenvalue weighted by atomic mass is 35.5. The van der Waals surface area contributed by atoms with Crippen LogP contribution in [0.2, 0.25) is 5.02 Å². The highest BCUT2D eigenvalue weighted by Gasteiger charge is 2.27. The quantitative estimate of drug-likeness (QED) is 0.454. The number of nitrogens with zero attached hydrogens (tertiary/aromatic N) is 5. The number of carbonyl (C=O) groups is 1. The van der Waals surface area contributed by atoms with Crippen LogP contribution in [0.5, 0.6) is 0 Å². The van der Waals surface area contributed by atoms with E-state index in [-0.39, 0.29) is 11.5 Å². The number of Topliss-reactive ketones (excluding diaryl/α,β-unsaturated/α-hetero) is 1. The fourth-order valence-electron chi connectivity index (χ4n) is 3.94. The van der Waals surface area contributed by atoms with Crippen LogP contribution in [0.15, 0.2) is 48.9 Å². The van der Waals surface area contributed by atoms with Crippen molar-refractivity contribution >= 4 is 33.2 Å². The van der Waals surface area contributed by atoms with Crippen molar-refractivity contribution in [3.63, 3.8) is 0 Å². The molecule has 4 rings (SSSR count). The fourth-order valence-corrected chi connectivity index (χ4v) is 5.65. The molecule has 0 N–H and O–H groups in total. The molecule has 0 aliphatic carbocycles. The van der Waals surface area contributed by atoms with Gasteiger partial charge in [-0.25, -0.2) is 13.4 Å². The summed E-state index contributed by atoms with van der Waals surface area (Å²) in [6.07, 6.45) is 5.50. The number of halogens is 1. The molecule has 2 aromatic heterocycles. The number of piperazine rings is 1. The summed E-state index contributed by atoms with van der Waals surface area (Å²) in [5.74, 6) is 0.805. The molecule has 0 bridgehead atoms. The van der Waals surface area contributed by atoms with Crippen LogP contribution in [0, 0.1) is 0 Å². The first-order chi connectivity index (χ1) is 16.3. The first-order valence-electron chi connectivity index (χ1n) is 11.1. The minimum absolute atomic E-state index is 0.00882. The summed E-state index contributed by atoms with van der Waals surface area (Å²) < 4.78 is 26.4. The lowest BCUT2D eigenvalue weighted by Crippen LogP contribution is -2.49. The first-order valence-corrected chi connectivity index (χ1v) is 13.1. The largest absolute Gasteiger partial charge is 0.353 e. The smallest absolute Gasteiger partial charge is 0.214 e. The number of hydrogen-bond acceptors (Lipinski definition) is 7. The molecule has 1 aliphatic heterocycles. The Bertz CT molecular complexity index is 1290. The maximum Gasteiger partial charge on any atom is 0.214 e. The standard InChI is InChI=1S/C24H26ClN5O3S/c1-3-14-34(32,33)30-12-10-29(11-13-30)22-16-27-23(19-6-4-18(5-7-19)17(2)31)24(28-22)20-8-9-26-15-21(20)25/h4-9,15-16H,3,10-14H2,1-2H3. The highest BCUT2D eigenvalue weighted by Crippen LogP contribution is 2.34. The zero-order valence-electron chi connectivity index (χ0n) is 19.1. The summed E-state index contributed by atoms with van der Waals surface area (Å²) in [6.45, 7) is 5.25. The molecule has 0 unspecified atom stereocenters. The second kappa shape index (κ2) is 10.2. The van der Waals surface area contributed by atoms with Crippen molar-refractivity contribution in [3.8, 4) is 22.5 Å². The molecule has 0 spiro atoms. The molecular weight excluding hydrogens is 474 g/mol. The SMILES string of the molecule is CCCS(=O)(=O)N1CCN(c2cnc(-c3ccc(C(C)=O)cc3)c(-c3ccncc3Cl)n2)CC1. The zero-order chi connectivity index (χ0) is 24.3. The van der Waals surface area contributed by atoms with E-state index in [1.165, 1.54) is 6.92 Å². The third-order valence-corrected chi connectivity index (χ3v) is 8.15. The Balaban J connectivity index is 1.68. The second-order valence-electron chi connectivity index (χ2n) is 8.12. The Morgan fingerprint density at radius 2 is 1.74 bits per heavy atom. The van der Waals surface area contributed by atoms with E-state index in [9.17, 15) is 13.2 Å². The molecule has 34 heavy (non-hydrogen) atoms. The van der Waals surface area contributed by atoms with Crippen LogP contribution in [0.3, 0.4) is 0 Å². The van der Waals surface area contributed by atoms with Gasteiger partial charge in [0.05, 0.1) is 22.7 Å². The number of carbonyl (C=O) groups excluding carboxylic acids is 1. The van der Waals surface area contributed by atoms with E-state index in [1.54, 1.807) is 41.1 Å². The Morgan fingerprint density at radius 1 is 1.03 bits per heavy atom. The Kier molecular flexibility index (Phi) is 7.25. The van der Waals surface area contributed by atoms with Gasteiger partial charge in [0, 0.05) is 55.3 Å². The zero-order valence-corrected chi connectivity index (χ0v) is 20.7. The lowest BCUT2D eigenvalue weighted by Gasteiger charge is -2.34. The van der Waals surface area contributed by atoms with E-state index in [0.29, 0.717) is 66.0 Å². The summed E-state index contributed by atoms with van der Waals surface area (Å²) in [5, 5.41) is 0.450. The summed E-state index contributed by atoms with van der Waals surface area (Å²) in [4.78, 5) is 27.4. The fraction of sp³-hybridized carbons (Fsp3) is 0.333. The molecule has 1 saturated heterocycles. The normalized spacial score (nSPS) is 14.9. The Hall–Kier alpha value is -2.88. The van der Waals surface area contributed by atoms with Crippen LogP contribution in [0.1, 0.15) is 30.6 Å². The van der Waals surface area contributed by atoms with E-state index in [0.717, 1.165) is 5.56 Å². The van der Waals surface area contributed by atoms with Gasteiger partial charge in [-0.3, -0.25) is 14.8 Å². The predicted molar refractivity (Wildman–Crippen MR) is 134 cm³/mol. The topological polar surface area (TPSA) is 96.4 Å². The third-order valence-electron chi connectivity index (χ3n) is 5.77. The molecule has 0 radical (unpaired) electrons. The second-order valence-corrected chi connectivity index (χ2v) is 10.6. The van der Waals surface area contributed by atoms with Crippen molar-refractivity contribution in [1.29, 1.82) is 0 Å². The van der Waals surface area contributed by atoms with Gasteiger partial charge in [0.15, 0.2) is 5.78 Å². The molecule has 0 atom stereocenters. The molecular formula is C24H26ClN5O3S. The number of pyridine rings is 1. The van der Waals surface area contributed by atoms with E-state index >= 15 is 0 Å². The van der Waals surface area contributed by atoms with Crippen molar-refractivity contribution in [2.75, 3.05) is 36.8 Å². The average Bonchev–Trinajstić information content (AvgIpc) is 2.84. The van der Waals surface area contributed by atoms with Gasteiger partial charge in [-0.1, -0.05) is 42.8 Å². The molecule has 3 aromatic rings. The van der Waals surface area contributed by atoms with Gasteiger partial charge in [0.2, 0.25) is 10.0 Å². The molecule has 1 fully saturated rings. The van der Waals surface area contributed by atoms with E-state index < -0.39 is 10.0 Å². The van der Waals surface area contributed by atoms with Gasteiger partial charge in [-0.15, -0.1) is 0 Å². The van der Waals surface area contributed by atoms with Crippen LogP contribution in [-0.4, -0.2) is 65.4 Å². The molecule has 1 aliphatic rings. The summed E-state index contributed by atoms with van der Waals surface area (Å²) in [5.41, 5.74) is 3.36. The highest BCUT2D eigenvalue weighted by molar-refractivity contribution is 7.89. The van der Waals surface area contributed by atoms with Crippen molar-refractivity contribution in [1.82, 2.24) is 19.3 Å². The first kappa shape index (κ1) is 24.3. The van der Waals surface area contributed by atoms with Crippen LogP contribution in [0.25, 0.3) is 22.5 Å². The van der Waals surface area contributed by atoms with Gasteiger partial charge >= 0.3 is 0 Å². The maximum atomic E-state index is 12.4. The third kappa shape index (κ3) is 5.11. The minimum Gasteiger partial charge on any atom is -0.353 e. The van der Waals surface area contributed by atoms with Crippen LogP contribution >= 0.6 is 11.6 Å². The molecule has 10 heteroatoms. The summed E-state index contributed by atoms with van der Waals surface area (Å²) in [7, 11) is -3.23. The summed E-state index contributed by atoms with van der Waals surface area (Å²) >= 11 is 6.46. The van der Waals surface area contributed by atoms with Crippen molar-refractivity contribution in [3.05, 3.63) is 59.5 Å². The minimum atomic E-state index is -3.23. The van der Waals surface area contributed by atoms with E-state index in [4.69, 9.17) is 21.6 Å². The van der Waals surface area contributed by atoms with Gasteiger partial charge in [-0.2, -0.15) is 4.31 Å². The van der Waals surface area contributed by atoms with Gasteiger partial charge in [0.25, 0.3) is 0 Å². The van der Waals surface area contributed by atoms with Gasteiger partial charge in [0.1, 0.15) is 11.5 Å². The Morgan fingerprint density at radius 3 is 2.35 bits per heavy atom. The lowest BCUT2D eigenvalue weighted by atomic mass is 10.0. The van der Waals surface area contributed by atoms with Gasteiger partial charge < -0.3 is 4.90 Å². The molecule has 3 heterocycles. The number of hydrogen-bond donors (Lipinski definition) is 0. The number of sulfonamides is 1. The monoisotopic (exact) mass is 499 g/mol. The van der Waals surface area contributed by atoms with Crippen molar-refractivity contribution < 1.29 is 13.2 Å². The molecule has 1 aromatic carbocycles. The van der Waals surface area contributed by atoms with Crippen molar-refractivity contribution in [2.45, 2.75) is 20.3 Å². The summed E-state index contributed by atoms with van der Waals surface area (Å²) in [6, 6.07) is 9.01. The molecule has 178 valence electrons. The number of aromatic nitrogens is 3. The predicted octanol–water partition coefficient (Wildman–Crippen LogP) is 3.92.